The molecule has 1 saturated carbocycles. The number of benzene rings is 1. The summed E-state index contributed by atoms with van der Waals surface area (Å²) in [6, 6.07) is 3.20. The maximum Gasteiger partial charge on any atom is 0.235 e. The standard InChI is InChI=1S/C17H20ClN3O4/c1-3-23-12-5-10(4-11(18)13(12)22)14-20-15(25-21-14)16-6-17(7-16,9(2)19)24-8-16/h4-5,9,22H,3,6-8,19H2,1-2H3. The second-order valence-electron chi connectivity index (χ2n) is 6.94. The average molecular weight is 366 g/mol. The van der Waals surface area contributed by atoms with E-state index < -0.39 is 0 Å². The summed E-state index contributed by atoms with van der Waals surface area (Å²) < 4.78 is 16.8. The highest BCUT2D eigenvalue weighted by Gasteiger charge is 2.67. The zero-order valence-electron chi connectivity index (χ0n) is 14.1. The van der Waals surface area contributed by atoms with Gasteiger partial charge >= 0.3 is 0 Å². The molecule has 0 amide bonds. The van der Waals surface area contributed by atoms with Gasteiger partial charge in [0.2, 0.25) is 11.7 Å². The van der Waals surface area contributed by atoms with Crippen molar-refractivity contribution < 1.29 is 19.1 Å². The van der Waals surface area contributed by atoms with E-state index >= 15 is 0 Å². The molecule has 1 aromatic heterocycles. The van der Waals surface area contributed by atoms with E-state index in [1.165, 1.54) is 0 Å². The number of hydrogen-bond donors (Lipinski definition) is 2. The molecule has 134 valence electrons. The summed E-state index contributed by atoms with van der Waals surface area (Å²) in [6.45, 7) is 4.73. The van der Waals surface area contributed by atoms with Gasteiger partial charge in [-0.05, 0) is 38.8 Å². The van der Waals surface area contributed by atoms with E-state index in [1.807, 2.05) is 13.8 Å². The van der Waals surface area contributed by atoms with Gasteiger partial charge in [0.15, 0.2) is 11.5 Å². The molecular formula is C17H20ClN3O4. The number of ether oxygens (including phenoxy) is 2. The van der Waals surface area contributed by atoms with Crippen molar-refractivity contribution in [1.29, 1.82) is 0 Å². The summed E-state index contributed by atoms with van der Waals surface area (Å²) in [5, 5.41) is 14.2. The van der Waals surface area contributed by atoms with Crippen LogP contribution in [0.5, 0.6) is 11.5 Å². The van der Waals surface area contributed by atoms with Gasteiger partial charge in [0.1, 0.15) is 0 Å². The van der Waals surface area contributed by atoms with Gasteiger partial charge in [-0.2, -0.15) is 4.98 Å². The van der Waals surface area contributed by atoms with Crippen LogP contribution in [0.2, 0.25) is 5.02 Å². The summed E-state index contributed by atoms with van der Waals surface area (Å²) in [6.07, 6.45) is 1.58. The Labute approximate surface area is 150 Å². The number of phenolic OH excluding ortho intramolecular Hbond substituents is 1. The van der Waals surface area contributed by atoms with Crippen molar-refractivity contribution in [2.75, 3.05) is 13.2 Å². The lowest BCUT2D eigenvalue weighted by atomic mass is 9.60. The van der Waals surface area contributed by atoms with Crippen molar-refractivity contribution >= 4 is 11.6 Å². The summed E-state index contributed by atoms with van der Waals surface area (Å²) in [4.78, 5) is 4.54. The van der Waals surface area contributed by atoms with Crippen LogP contribution in [0.25, 0.3) is 11.4 Å². The first-order valence-corrected chi connectivity index (χ1v) is 8.66. The molecule has 3 N–H and O–H groups in total. The Morgan fingerprint density at radius 3 is 2.84 bits per heavy atom. The van der Waals surface area contributed by atoms with E-state index in [0.29, 0.717) is 36.2 Å². The van der Waals surface area contributed by atoms with Gasteiger partial charge in [-0.3, -0.25) is 0 Å². The Hall–Kier alpha value is -1.83. The van der Waals surface area contributed by atoms with Gasteiger partial charge < -0.3 is 24.8 Å². The second-order valence-corrected chi connectivity index (χ2v) is 7.34. The highest BCUT2D eigenvalue weighted by atomic mass is 35.5. The Bertz CT molecular complexity index is 814. The zero-order chi connectivity index (χ0) is 17.8. The number of hydrogen-bond acceptors (Lipinski definition) is 7. The predicted molar refractivity (Wildman–Crippen MR) is 90.8 cm³/mol. The molecule has 2 saturated heterocycles. The third kappa shape index (κ3) is 2.41. The molecule has 2 bridgehead atoms. The van der Waals surface area contributed by atoms with E-state index in [-0.39, 0.29) is 27.8 Å². The van der Waals surface area contributed by atoms with Crippen LogP contribution in [0.1, 0.15) is 32.6 Å². The topological polar surface area (TPSA) is 104 Å². The number of nitrogens with two attached hydrogens (primary N) is 1. The van der Waals surface area contributed by atoms with Crippen LogP contribution in [0.15, 0.2) is 16.7 Å². The molecule has 3 heterocycles. The molecule has 3 aliphatic rings. The third-order valence-electron chi connectivity index (χ3n) is 5.21. The molecule has 1 aromatic carbocycles. The van der Waals surface area contributed by atoms with Crippen molar-refractivity contribution in [3.63, 3.8) is 0 Å². The van der Waals surface area contributed by atoms with E-state index in [9.17, 15) is 5.11 Å². The molecular weight excluding hydrogens is 346 g/mol. The maximum absolute atomic E-state index is 9.96. The van der Waals surface area contributed by atoms with E-state index in [0.717, 1.165) is 12.8 Å². The van der Waals surface area contributed by atoms with Crippen LogP contribution >= 0.6 is 11.6 Å². The lowest BCUT2D eigenvalue weighted by Crippen LogP contribution is -2.56. The number of nitrogens with zero attached hydrogens (tertiary/aromatic N) is 2. The molecule has 0 radical (unpaired) electrons. The normalized spacial score (nSPS) is 28.6. The molecule has 1 atom stereocenters. The van der Waals surface area contributed by atoms with Gasteiger partial charge in [-0.25, -0.2) is 0 Å². The minimum atomic E-state index is -0.265. The van der Waals surface area contributed by atoms with Gasteiger partial charge in [0.25, 0.3) is 0 Å². The smallest absolute Gasteiger partial charge is 0.235 e. The first kappa shape index (κ1) is 16.6. The predicted octanol–water partition coefficient (Wildman–Crippen LogP) is 2.64. The van der Waals surface area contributed by atoms with Crippen molar-refractivity contribution in [3.8, 4) is 22.9 Å². The Morgan fingerprint density at radius 1 is 1.44 bits per heavy atom. The summed E-state index contributed by atoms with van der Waals surface area (Å²) in [7, 11) is 0. The largest absolute Gasteiger partial charge is 0.503 e. The minimum absolute atomic E-state index is 0.0322. The van der Waals surface area contributed by atoms with Crippen LogP contribution in [0.4, 0.5) is 0 Å². The minimum Gasteiger partial charge on any atom is -0.503 e. The van der Waals surface area contributed by atoms with Crippen LogP contribution in [0, 0.1) is 0 Å². The molecule has 1 unspecified atom stereocenters. The molecule has 25 heavy (non-hydrogen) atoms. The van der Waals surface area contributed by atoms with Gasteiger partial charge in [0.05, 0.1) is 29.3 Å². The van der Waals surface area contributed by atoms with Crippen LogP contribution in [-0.4, -0.2) is 40.1 Å². The zero-order valence-corrected chi connectivity index (χ0v) is 14.8. The Morgan fingerprint density at radius 2 is 2.20 bits per heavy atom. The first-order chi connectivity index (χ1) is 11.9. The van der Waals surface area contributed by atoms with Crippen LogP contribution in [-0.2, 0) is 10.2 Å². The maximum atomic E-state index is 9.96. The van der Waals surface area contributed by atoms with Crippen molar-refractivity contribution in [3.05, 3.63) is 23.0 Å². The number of halogens is 1. The van der Waals surface area contributed by atoms with Gasteiger partial charge in [0, 0.05) is 11.6 Å². The highest BCUT2D eigenvalue weighted by molar-refractivity contribution is 6.32. The van der Waals surface area contributed by atoms with Gasteiger partial charge in [-0.15, -0.1) is 0 Å². The monoisotopic (exact) mass is 365 g/mol. The molecule has 3 fully saturated rings. The fraction of sp³-hybridized carbons (Fsp3) is 0.529. The fourth-order valence-electron chi connectivity index (χ4n) is 3.77. The van der Waals surface area contributed by atoms with E-state index in [2.05, 4.69) is 10.1 Å². The molecule has 2 aliphatic heterocycles. The second kappa shape index (κ2) is 5.59. The summed E-state index contributed by atoms with van der Waals surface area (Å²) >= 11 is 6.08. The quantitative estimate of drug-likeness (QED) is 0.839. The number of aromatic nitrogens is 2. The lowest BCUT2D eigenvalue weighted by Gasteiger charge is -2.44. The van der Waals surface area contributed by atoms with E-state index in [4.69, 9.17) is 31.3 Å². The molecule has 7 nitrogen and oxygen atoms in total. The Balaban J connectivity index is 1.63. The number of phenols is 1. The average Bonchev–Trinajstić information content (AvgIpc) is 3.23. The molecule has 8 heteroatoms. The SMILES string of the molecule is CCOc1cc(-c2noc(C34COC(C(C)N)(C3)C4)n2)cc(Cl)c1O. The molecule has 2 aromatic rings. The number of rotatable bonds is 5. The van der Waals surface area contributed by atoms with Gasteiger partial charge in [-0.1, -0.05) is 16.8 Å². The highest BCUT2D eigenvalue weighted by Crippen LogP contribution is 2.59. The van der Waals surface area contributed by atoms with Crippen molar-refractivity contribution in [2.45, 2.75) is 43.7 Å². The third-order valence-corrected chi connectivity index (χ3v) is 5.50. The summed E-state index contributed by atoms with van der Waals surface area (Å²) in [5.41, 5.74) is 6.14. The lowest BCUT2D eigenvalue weighted by molar-refractivity contribution is -0.0240. The van der Waals surface area contributed by atoms with Crippen LogP contribution in [0.3, 0.4) is 0 Å². The number of fused-ring (bicyclic) bond motifs is 1. The van der Waals surface area contributed by atoms with Crippen LogP contribution < -0.4 is 10.5 Å². The summed E-state index contributed by atoms with van der Waals surface area (Å²) in [5.74, 6) is 1.15. The fourth-order valence-corrected chi connectivity index (χ4v) is 3.98. The number of aromatic hydroxyl groups is 1. The molecule has 1 aliphatic carbocycles. The van der Waals surface area contributed by atoms with Crippen molar-refractivity contribution in [1.82, 2.24) is 10.1 Å². The molecule has 5 rings (SSSR count). The molecule has 0 spiro atoms. The first-order valence-electron chi connectivity index (χ1n) is 8.28. The van der Waals surface area contributed by atoms with E-state index in [1.54, 1.807) is 12.1 Å². The van der Waals surface area contributed by atoms with Crippen molar-refractivity contribution in [2.24, 2.45) is 5.73 Å². The Kier molecular flexibility index (Phi) is 3.72.